The highest BCUT2D eigenvalue weighted by Gasteiger charge is 2.13. The summed E-state index contributed by atoms with van der Waals surface area (Å²) in [7, 11) is 0. The summed E-state index contributed by atoms with van der Waals surface area (Å²) in [5.41, 5.74) is 3.28. The average molecular weight is 323 g/mol. The Hall–Kier alpha value is -2.64. The molecule has 0 saturated heterocycles. The van der Waals surface area contributed by atoms with Crippen molar-refractivity contribution in [1.29, 1.82) is 5.26 Å². The predicted molar refractivity (Wildman–Crippen MR) is 88.7 cm³/mol. The molecular formula is C19H11F2NS. The van der Waals surface area contributed by atoms with Gasteiger partial charge in [0.05, 0.1) is 4.90 Å². The molecule has 0 amide bonds. The van der Waals surface area contributed by atoms with Crippen molar-refractivity contribution in [3.05, 3.63) is 78.4 Å². The molecule has 0 bridgehead atoms. The van der Waals surface area contributed by atoms with Gasteiger partial charge < -0.3 is 0 Å². The number of hydrogen-bond donors (Lipinski definition) is 0. The third kappa shape index (κ3) is 3.25. The predicted octanol–water partition coefficient (Wildman–Crippen LogP) is 5.87. The zero-order valence-electron chi connectivity index (χ0n) is 12.0. The van der Waals surface area contributed by atoms with Gasteiger partial charge in [-0.15, -0.1) is 0 Å². The lowest BCUT2D eigenvalue weighted by molar-refractivity contribution is 0.542. The number of rotatable bonds is 3. The molecule has 0 N–H and O–H groups in total. The van der Waals surface area contributed by atoms with Crippen LogP contribution in [0.25, 0.3) is 22.3 Å². The van der Waals surface area contributed by atoms with Crippen LogP contribution in [0.2, 0.25) is 0 Å². The minimum atomic E-state index is -0.723. The lowest BCUT2D eigenvalue weighted by Crippen LogP contribution is -1.89. The van der Waals surface area contributed by atoms with Crippen molar-refractivity contribution in [3.8, 4) is 27.7 Å². The van der Waals surface area contributed by atoms with Gasteiger partial charge in [-0.2, -0.15) is 5.26 Å². The summed E-state index contributed by atoms with van der Waals surface area (Å²) in [4.78, 5) is -0.267. The molecule has 0 aliphatic rings. The molecule has 4 heteroatoms. The third-order valence-corrected chi connectivity index (χ3v) is 4.16. The summed E-state index contributed by atoms with van der Waals surface area (Å²) in [5.74, 6) is -1.45. The van der Waals surface area contributed by atoms with Crippen LogP contribution >= 0.6 is 11.8 Å². The summed E-state index contributed by atoms with van der Waals surface area (Å²) < 4.78 is 27.8. The third-order valence-electron chi connectivity index (χ3n) is 3.47. The molecule has 0 atom stereocenters. The SMILES string of the molecule is N#CSc1c(F)cc(-c2ccc(-c3ccccc3)cc2)cc1F. The maximum atomic E-state index is 13.9. The van der Waals surface area contributed by atoms with Crippen LogP contribution in [0.4, 0.5) is 8.78 Å². The smallest absolute Gasteiger partial charge is 0.141 e. The van der Waals surface area contributed by atoms with Gasteiger partial charge in [-0.25, -0.2) is 8.78 Å². The fourth-order valence-corrected chi connectivity index (χ4v) is 2.76. The fourth-order valence-electron chi connectivity index (χ4n) is 2.36. The largest absolute Gasteiger partial charge is 0.206 e. The summed E-state index contributed by atoms with van der Waals surface area (Å²) in [6.07, 6.45) is 0. The van der Waals surface area contributed by atoms with Gasteiger partial charge in [-0.05, 0) is 46.1 Å². The average Bonchev–Trinajstić information content (AvgIpc) is 2.59. The molecule has 0 aliphatic carbocycles. The monoisotopic (exact) mass is 323 g/mol. The molecule has 0 saturated carbocycles. The molecule has 3 aromatic carbocycles. The summed E-state index contributed by atoms with van der Waals surface area (Å²) in [6.45, 7) is 0. The number of hydrogen-bond acceptors (Lipinski definition) is 2. The minimum absolute atomic E-state index is 0.267. The Morgan fingerprint density at radius 1 is 0.696 bits per heavy atom. The number of benzene rings is 3. The molecule has 0 heterocycles. The van der Waals surface area contributed by atoms with E-state index in [1.54, 1.807) is 5.40 Å². The zero-order valence-corrected chi connectivity index (χ0v) is 12.8. The van der Waals surface area contributed by atoms with Gasteiger partial charge in [0.25, 0.3) is 0 Å². The van der Waals surface area contributed by atoms with Crippen LogP contribution in [0.3, 0.4) is 0 Å². The van der Waals surface area contributed by atoms with E-state index in [2.05, 4.69) is 0 Å². The zero-order chi connectivity index (χ0) is 16.2. The molecule has 3 rings (SSSR count). The first-order valence-electron chi connectivity index (χ1n) is 6.90. The number of nitrogens with zero attached hydrogens (tertiary/aromatic N) is 1. The maximum Gasteiger partial charge on any atom is 0.141 e. The summed E-state index contributed by atoms with van der Waals surface area (Å²) >= 11 is 0.488. The lowest BCUT2D eigenvalue weighted by atomic mass is 10.0. The van der Waals surface area contributed by atoms with E-state index in [4.69, 9.17) is 5.26 Å². The van der Waals surface area contributed by atoms with Crippen LogP contribution in [0.15, 0.2) is 71.6 Å². The van der Waals surface area contributed by atoms with Crippen molar-refractivity contribution in [2.24, 2.45) is 0 Å². The number of nitriles is 1. The Bertz CT molecular complexity index is 845. The van der Waals surface area contributed by atoms with E-state index >= 15 is 0 Å². The Kier molecular flexibility index (Phi) is 4.40. The molecule has 3 aromatic rings. The first-order valence-corrected chi connectivity index (χ1v) is 7.71. The van der Waals surface area contributed by atoms with E-state index in [0.29, 0.717) is 17.3 Å². The van der Waals surface area contributed by atoms with Gasteiger partial charge in [0.15, 0.2) is 0 Å². The second-order valence-electron chi connectivity index (χ2n) is 4.91. The van der Waals surface area contributed by atoms with E-state index < -0.39 is 11.6 Å². The van der Waals surface area contributed by atoms with Gasteiger partial charge in [-0.1, -0.05) is 54.6 Å². The molecule has 0 aromatic heterocycles. The van der Waals surface area contributed by atoms with Gasteiger partial charge in [0, 0.05) is 0 Å². The Morgan fingerprint density at radius 2 is 1.17 bits per heavy atom. The van der Waals surface area contributed by atoms with Crippen molar-refractivity contribution in [2.45, 2.75) is 4.90 Å². The van der Waals surface area contributed by atoms with E-state index in [9.17, 15) is 8.78 Å². The van der Waals surface area contributed by atoms with Gasteiger partial charge in [-0.3, -0.25) is 0 Å². The van der Waals surface area contributed by atoms with Crippen LogP contribution < -0.4 is 0 Å². The van der Waals surface area contributed by atoms with E-state index in [0.717, 1.165) is 16.7 Å². The van der Waals surface area contributed by atoms with Crippen LogP contribution in [-0.4, -0.2) is 0 Å². The highest BCUT2D eigenvalue weighted by Crippen LogP contribution is 2.31. The van der Waals surface area contributed by atoms with Crippen molar-refractivity contribution < 1.29 is 8.78 Å². The van der Waals surface area contributed by atoms with Gasteiger partial charge in [0.2, 0.25) is 0 Å². The van der Waals surface area contributed by atoms with E-state index in [1.165, 1.54) is 12.1 Å². The highest BCUT2D eigenvalue weighted by atomic mass is 32.2. The first kappa shape index (κ1) is 15.3. The molecule has 0 unspecified atom stereocenters. The second kappa shape index (κ2) is 6.64. The minimum Gasteiger partial charge on any atom is -0.206 e. The lowest BCUT2D eigenvalue weighted by Gasteiger charge is -2.07. The van der Waals surface area contributed by atoms with Crippen molar-refractivity contribution >= 4 is 11.8 Å². The quantitative estimate of drug-likeness (QED) is 0.444. The Balaban J connectivity index is 1.96. The molecule has 1 nitrogen and oxygen atoms in total. The molecule has 0 fully saturated rings. The fraction of sp³-hybridized carbons (Fsp3) is 0. The number of thiocyanates is 1. The van der Waals surface area contributed by atoms with Crippen LogP contribution in [-0.2, 0) is 0 Å². The Labute approximate surface area is 137 Å². The number of halogens is 2. The van der Waals surface area contributed by atoms with Crippen molar-refractivity contribution in [2.75, 3.05) is 0 Å². The second-order valence-corrected chi connectivity index (χ2v) is 5.70. The molecule has 0 aliphatic heterocycles. The summed E-state index contributed by atoms with van der Waals surface area (Å²) in [6, 6.07) is 19.9. The molecular weight excluding hydrogens is 312 g/mol. The maximum absolute atomic E-state index is 13.9. The van der Waals surface area contributed by atoms with Gasteiger partial charge >= 0.3 is 0 Å². The van der Waals surface area contributed by atoms with Crippen molar-refractivity contribution in [3.63, 3.8) is 0 Å². The van der Waals surface area contributed by atoms with Crippen molar-refractivity contribution in [1.82, 2.24) is 0 Å². The summed E-state index contributed by atoms with van der Waals surface area (Å²) in [5, 5.41) is 10.3. The normalized spacial score (nSPS) is 10.3. The molecule has 23 heavy (non-hydrogen) atoms. The van der Waals surface area contributed by atoms with Crippen LogP contribution in [0.1, 0.15) is 0 Å². The standard InChI is InChI=1S/C19H11F2NS/c20-17-10-16(11-18(21)19(17)23-12-22)15-8-6-14(7-9-15)13-4-2-1-3-5-13/h1-11H. The molecule has 0 radical (unpaired) electrons. The Morgan fingerprint density at radius 3 is 1.70 bits per heavy atom. The van der Waals surface area contributed by atoms with Gasteiger partial charge in [0.1, 0.15) is 17.0 Å². The van der Waals surface area contributed by atoms with Crippen LogP contribution in [0, 0.1) is 22.3 Å². The van der Waals surface area contributed by atoms with E-state index in [1.807, 2.05) is 54.6 Å². The molecule has 0 spiro atoms. The highest BCUT2D eigenvalue weighted by molar-refractivity contribution is 8.03. The van der Waals surface area contributed by atoms with E-state index in [-0.39, 0.29) is 4.90 Å². The topological polar surface area (TPSA) is 23.8 Å². The first-order chi connectivity index (χ1) is 11.2. The van der Waals surface area contributed by atoms with Crippen LogP contribution in [0.5, 0.6) is 0 Å². The molecule has 112 valence electrons. The number of thioether (sulfide) groups is 1.